The molecular formula is C30H45NO13S2. The highest BCUT2D eigenvalue weighted by molar-refractivity contribution is 8.13. The molecule has 0 amide bonds. The molecule has 0 heterocycles. The first-order valence-electron chi connectivity index (χ1n) is 14.5. The van der Waals surface area contributed by atoms with E-state index < -0.39 is 75.1 Å². The van der Waals surface area contributed by atoms with Crippen molar-refractivity contribution in [3.05, 3.63) is 41.5 Å². The molecule has 14 nitrogen and oxygen atoms in total. The van der Waals surface area contributed by atoms with Crippen molar-refractivity contribution < 1.29 is 65.4 Å². The van der Waals surface area contributed by atoms with Crippen LogP contribution in [0.25, 0.3) is 10.8 Å². The molecule has 0 aliphatic heterocycles. The van der Waals surface area contributed by atoms with Crippen molar-refractivity contribution in [1.29, 1.82) is 0 Å². The van der Waals surface area contributed by atoms with E-state index in [-0.39, 0.29) is 23.4 Å². The Bertz CT molecular complexity index is 1220. The van der Waals surface area contributed by atoms with Gasteiger partial charge < -0.3 is 55.8 Å². The number of fused-ring (bicyclic) bond motifs is 1. The van der Waals surface area contributed by atoms with Gasteiger partial charge in [-0.2, -0.15) is 0 Å². The highest BCUT2D eigenvalue weighted by Crippen LogP contribution is 2.29. The molecule has 0 fully saturated rings. The molecule has 0 radical (unpaired) electrons. The lowest BCUT2D eigenvalue weighted by Crippen LogP contribution is -2.53. The summed E-state index contributed by atoms with van der Waals surface area (Å²) in [6.45, 7) is 0.315. The average molecular weight is 692 g/mol. The van der Waals surface area contributed by atoms with Crippen LogP contribution in [-0.2, 0) is 21.1 Å². The minimum Gasteiger partial charge on any atom is -0.492 e. The molecule has 0 saturated heterocycles. The van der Waals surface area contributed by atoms with E-state index in [0.29, 0.717) is 17.3 Å². The molecule has 46 heavy (non-hydrogen) atoms. The van der Waals surface area contributed by atoms with Crippen molar-refractivity contribution in [3.63, 3.8) is 0 Å². The third-order valence-corrected chi connectivity index (χ3v) is 8.93. The van der Waals surface area contributed by atoms with Crippen molar-refractivity contribution >= 4 is 44.5 Å². The number of thioether (sulfide) groups is 2. The zero-order chi connectivity index (χ0) is 34.6. The second-order valence-electron chi connectivity index (χ2n) is 10.9. The van der Waals surface area contributed by atoms with Crippen LogP contribution in [0.4, 0.5) is 0 Å². The summed E-state index contributed by atoms with van der Waals surface area (Å²) in [6, 6.07) is 9.20. The van der Waals surface area contributed by atoms with Gasteiger partial charge in [0.2, 0.25) is 0 Å². The van der Waals surface area contributed by atoms with Gasteiger partial charge in [-0.05, 0) is 46.2 Å². The second-order valence-corrected chi connectivity index (χ2v) is 13.2. The van der Waals surface area contributed by atoms with E-state index in [4.69, 9.17) is 14.9 Å². The van der Waals surface area contributed by atoms with Crippen molar-refractivity contribution in [2.24, 2.45) is 0 Å². The van der Waals surface area contributed by atoms with Gasteiger partial charge in [-0.25, -0.2) is 0 Å². The Kier molecular flexibility index (Phi) is 17.3. The van der Waals surface area contributed by atoms with Crippen molar-refractivity contribution in [3.8, 4) is 5.75 Å². The number of benzene rings is 2. The van der Waals surface area contributed by atoms with E-state index in [1.54, 1.807) is 12.1 Å². The summed E-state index contributed by atoms with van der Waals surface area (Å²) in [4.78, 5) is 24.5. The highest BCUT2D eigenvalue weighted by atomic mass is 32.2. The van der Waals surface area contributed by atoms with Crippen molar-refractivity contribution in [1.82, 2.24) is 4.90 Å². The number of ether oxygens (including phenoxy) is 1. The van der Waals surface area contributed by atoms with Crippen LogP contribution in [0.15, 0.2) is 30.3 Å². The molecule has 0 aromatic heterocycles. The van der Waals surface area contributed by atoms with Gasteiger partial charge in [-0.3, -0.25) is 14.5 Å². The lowest BCUT2D eigenvalue weighted by Gasteiger charge is -2.33. The maximum absolute atomic E-state index is 11.6. The average Bonchev–Trinajstić information content (AvgIpc) is 3.03. The molecule has 2 aromatic rings. The third-order valence-electron chi connectivity index (χ3n) is 7.21. The summed E-state index contributed by atoms with van der Waals surface area (Å²) in [5.74, 6) is 1.34. The van der Waals surface area contributed by atoms with E-state index in [1.807, 2.05) is 18.2 Å². The SMILES string of the molecule is CC(=O)SCc1cc2ccc(OCCN(C[C@@H](O)[C@@H](O)[C@H](O)[C@H](O)CO)C[C@@H](O)[C@@H](O)[C@H](O)[C@H](O)CO)cc2cc1CSC(C)=O. The molecule has 0 spiro atoms. The molecule has 10 N–H and O–H groups in total. The van der Waals surface area contributed by atoms with Crippen LogP contribution in [0.1, 0.15) is 25.0 Å². The molecule has 0 aliphatic rings. The molecule has 8 atom stereocenters. The lowest BCUT2D eigenvalue weighted by atomic mass is 10.0. The molecule has 0 saturated carbocycles. The topological polar surface area (TPSA) is 249 Å². The molecule has 2 aromatic carbocycles. The zero-order valence-electron chi connectivity index (χ0n) is 25.6. The molecule has 0 unspecified atom stereocenters. The van der Waals surface area contributed by atoms with Gasteiger partial charge in [0.15, 0.2) is 10.2 Å². The summed E-state index contributed by atoms with van der Waals surface area (Å²) in [6.07, 6.45) is -14.5. The number of carbonyl (C=O) groups is 2. The predicted molar refractivity (Wildman–Crippen MR) is 172 cm³/mol. The first-order chi connectivity index (χ1) is 21.7. The monoisotopic (exact) mass is 691 g/mol. The van der Waals surface area contributed by atoms with Gasteiger partial charge in [-0.1, -0.05) is 29.6 Å². The summed E-state index contributed by atoms with van der Waals surface area (Å²) in [5.41, 5.74) is 1.83. The summed E-state index contributed by atoms with van der Waals surface area (Å²) in [7, 11) is 0. The van der Waals surface area contributed by atoms with Crippen LogP contribution in [0.5, 0.6) is 5.75 Å². The number of aliphatic hydroxyl groups is 10. The lowest BCUT2D eigenvalue weighted by molar-refractivity contribution is -0.130. The Morgan fingerprint density at radius 1 is 0.674 bits per heavy atom. The van der Waals surface area contributed by atoms with Crippen LogP contribution in [-0.4, -0.2) is 154 Å². The molecular weight excluding hydrogens is 646 g/mol. The number of hydrogen-bond donors (Lipinski definition) is 10. The standard InChI is InChI=1S/C30H45NO13S2/c1-16(34)45-14-20-7-18-3-4-22(9-19(18)8-21(20)15-46-17(2)35)44-6-5-31(10-23(36)27(40)29(42)25(38)12-32)11-24(37)28(41)30(43)26(39)13-33/h3-4,7-9,23-30,32-33,36-43H,5-6,10-15H2,1-2H3/t23-,24-,25-,26-,27-,28-,29-,30-/m1/s1. The predicted octanol–water partition coefficient (Wildman–Crippen LogP) is -2.05. The maximum atomic E-state index is 11.6. The number of hydrogen-bond acceptors (Lipinski definition) is 16. The van der Waals surface area contributed by atoms with Gasteiger partial charge in [-0.15, -0.1) is 0 Å². The van der Waals surface area contributed by atoms with E-state index >= 15 is 0 Å². The summed E-state index contributed by atoms with van der Waals surface area (Å²) >= 11 is 2.33. The van der Waals surface area contributed by atoms with Crippen LogP contribution in [0, 0.1) is 0 Å². The van der Waals surface area contributed by atoms with E-state index in [2.05, 4.69) is 0 Å². The first-order valence-corrected chi connectivity index (χ1v) is 16.5. The highest BCUT2D eigenvalue weighted by Gasteiger charge is 2.34. The fourth-order valence-electron chi connectivity index (χ4n) is 4.51. The van der Waals surface area contributed by atoms with Gasteiger partial charge in [0, 0.05) is 45.0 Å². The van der Waals surface area contributed by atoms with Crippen molar-refractivity contribution in [2.45, 2.75) is 74.2 Å². The van der Waals surface area contributed by atoms with Gasteiger partial charge in [0.05, 0.1) is 25.4 Å². The number of rotatable bonds is 20. The third kappa shape index (κ3) is 12.6. The molecule has 0 bridgehead atoms. The summed E-state index contributed by atoms with van der Waals surface area (Å²) in [5, 5.41) is 101. The summed E-state index contributed by atoms with van der Waals surface area (Å²) < 4.78 is 5.90. The molecule has 2 rings (SSSR count). The normalized spacial score (nSPS) is 17.2. The fourth-order valence-corrected chi connectivity index (χ4v) is 5.76. The largest absolute Gasteiger partial charge is 0.492 e. The first kappa shape index (κ1) is 40.3. The second kappa shape index (κ2) is 19.8. The fraction of sp³-hybridized carbons (Fsp3) is 0.600. The molecule has 0 aliphatic carbocycles. The van der Waals surface area contributed by atoms with Gasteiger partial charge >= 0.3 is 0 Å². The van der Waals surface area contributed by atoms with E-state index in [1.165, 1.54) is 30.5 Å². The maximum Gasteiger partial charge on any atom is 0.186 e. The Balaban J connectivity index is 2.22. The quantitative estimate of drug-likeness (QED) is 0.0718. The van der Waals surface area contributed by atoms with Crippen LogP contribution < -0.4 is 4.74 Å². The Morgan fingerprint density at radius 3 is 1.54 bits per heavy atom. The minimum absolute atomic E-state index is 0.0232. The van der Waals surface area contributed by atoms with E-state index in [9.17, 15) is 50.4 Å². The van der Waals surface area contributed by atoms with Crippen LogP contribution in [0.2, 0.25) is 0 Å². The Hall–Kier alpha value is -1.90. The van der Waals surface area contributed by atoms with Crippen LogP contribution >= 0.6 is 23.5 Å². The van der Waals surface area contributed by atoms with Gasteiger partial charge in [0.1, 0.15) is 49.0 Å². The van der Waals surface area contributed by atoms with Gasteiger partial charge in [0.25, 0.3) is 0 Å². The molecule has 260 valence electrons. The Labute approximate surface area is 275 Å². The minimum atomic E-state index is -1.90. The van der Waals surface area contributed by atoms with E-state index in [0.717, 1.165) is 33.7 Å². The number of nitrogens with zero attached hydrogens (tertiary/aromatic N) is 1. The van der Waals surface area contributed by atoms with Crippen molar-refractivity contribution in [2.75, 3.05) is 39.5 Å². The Morgan fingerprint density at radius 2 is 1.11 bits per heavy atom. The van der Waals surface area contributed by atoms with Crippen LogP contribution in [0.3, 0.4) is 0 Å². The number of aliphatic hydroxyl groups excluding tert-OH is 10. The number of carbonyl (C=O) groups excluding carboxylic acids is 2. The zero-order valence-corrected chi connectivity index (χ0v) is 27.3. The smallest absolute Gasteiger partial charge is 0.186 e. The molecule has 16 heteroatoms.